The second-order valence-electron chi connectivity index (χ2n) is 5.75. The Kier molecular flexibility index (Phi) is 7.42. The molecule has 1 saturated heterocycles. The van der Waals surface area contributed by atoms with Crippen molar-refractivity contribution in [2.75, 3.05) is 39.4 Å². The minimum atomic E-state index is 0.231. The van der Waals surface area contributed by atoms with Crippen molar-refractivity contribution in [3.63, 3.8) is 0 Å². The highest BCUT2D eigenvalue weighted by Gasteiger charge is 2.10. The van der Waals surface area contributed by atoms with Crippen molar-refractivity contribution in [3.05, 3.63) is 29.3 Å². The van der Waals surface area contributed by atoms with Crippen LogP contribution in [0.15, 0.2) is 23.3 Å². The van der Waals surface area contributed by atoms with Crippen molar-refractivity contribution in [2.45, 2.75) is 20.3 Å². The maximum Gasteiger partial charge on any atom is 0.187 e. The van der Waals surface area contributed by atoms with Gasteiger partial charge in [-0.2, -0.15) is 5.10 Å². The number of aryl methyl sites for hydroxylation is 1. The topological polar surface area (TPSA) is 69.1 Å². The number of phenolic OH excluding ortho intramolecular Hbond substituents is 1. The highest BCUT2D eigenvalue weighted by Crippen LogP contribution is 2.20. The quantitative estimate of drug-likeness (QED) is 0.411. The fourth-order valence-electron chi connectivity index (χ4n) is 2.52. The molecule has 0 aliphatic carbocycles. The van der Waals surface area contributed by atoms with Crippen LogP contribution in [0.3, 0.4) is 0 Å². The number of aromatic hydroxyl groups is 1. The smallest absolute Gasteiger partial charge is 0.187 e. The number of nitrogens with one attached hydrogen (secondary N) is 2. The third kappa shape index (κ3) is 5.74. The fraction of sp³-hybridized carbons (Fsp3) is 0.529. The molecule has 0 bridgehead atoms. The number of hydrogen-bond donors (Lipinski definition) is 3. The summed E-state index contributed by atoms with van der Waals surface area (Å²) in [6, 6.07) is 5.49. The number of hydrogen-bond acceptors (Lipinski definition) is 5. The molecular weight excluding hydrogens is 324 g/mol. The lowest BCUT2D eigenvalue weighted by Gasteiger charge is -2.26. The molecule has 7 heteroatoms. The van der Waals surface area contributed by atoms with Crippen LogP contribution in [0, 0.1) is 6.92 Å². The molecule has 0 spiro atoms. The first-order valence-corrected chi connectivity index (χ1v) is 8.71. The number of phenols is 1. The van der Waals surface area contributed by atoms with E-state index >= 15 is 0 Å². The second kappa shape index (κ2) is 9.56. The van der Waals surface area contributed by atoms with Crippen molar-refractivity contribution >= 4 is 23.0 Å². The number of ether oxygens (including phenoxy) is 1. The molecule has 0 amide bonds. The van der Waals surface area contributed by atoms with E-state index in [1.54, 1.807) is 6.07 Å². The summed E-state index contributed by atoms with van der Waals surface area (Å²) in [5.74, 6) is 0.231. The number of benzene rings is 1. The number of nitrogens with zero attached hydrogens (tertiary/aromatic N) is 2. The van der Waals surface area contributed by atoms with Crippen LogP contribution < -0.4 is 10.7 Å². The van der Waals surface area contributed by atoms with E-state index in [0.717, 1.165) is 56.2 Å². The minimum Gasteiger partial charge on any atom is -0.507 e. The van der Waals surface area contributed by atoms with E-state index in [1.165, 1.54) is 0 Å². The zero-order valence-electron chi connectivity index (χ0n) is 14.3. The van der Waals surface area contributed by atoms with E-state index < -0.39 is 0 Å². The SMILES string of the molecule is CC/C(=N\NC(=S)NCCN1CCOCC1)c1cc(C)ccc1O. The summed E-state index contributed by atoms with van der Waals surface area (Å²) in [4.78, 5) is 2.34. The lowest BCUT2D eigenvalue weighted by atomic mass is 10.0. The molecule has 0 atom stereocenters. The Balaban J connectivity index is 1.83. The van der Waals surface area contributed by atoms with Gasteiger partial charge < -0.3 is 15.2 Å². The molecule has 3 N–H and O–H groups in total. The molecule has 1 aliphatic heterocycles. The lowest BCUT2D eigenvalue weighted by Crippen LogP contribution is -2.43. The Morgan fingerprint density at radius 2 is 2.12 bits per heavy atom. The van der Waals surface area contributed by atoms with Crippen molar-refractivity contribution in [2.24, 2.45) is 5.10 Å². The van der Waals surface area contributed by atoms with Crippen molar-refractivity contribution in [1.29, 1.82) is 0 Å². The Labute approximate surface area is 148 Å². The normalized spacial score (nSPS) is 16.0. The standard InChI is InChI=1S/C17H26N4O2S/c1-3-15(14-12-13(2)4-5-16(14)22)19-20-17(24)18-6-7-21-8-10-23-11-9-21/h4-5,12,22H,3,6-11H2,1-2H3,(H2,18,20,24)/b19-15+. The van der Waals surface area contributed by atoms with Crippen LogP contribution in [0.4, 0.5) is 0 Å². The Morgan fingerprint density at radius 3 is 2.83 bits per heavy atom. The molecule has 0 aromatic heterocycles. The lowest BCUT2D eigenvalue weighted by molar-refractivity contribution is 0.0389. The summed E-state index contributed by atoms with van der Waals surface area (Å²) in [7, 11) is 0. The van der Waals surface area contributed by atoms with Crippen molar-refractivity contribution in [3.8, 4) is 5.75 Å². The Hall–Kier alpha value is -1.70. The van der Waals surface area contributed by atoms with Gasteiger partial charge in [0.15, 0.2) is 5.11 Å². The maximum atomic E-state index is 10.0. The molecule has 1 fully saturated rings. The predicted molar refractivity (Wildman–Crippen MR) is 101 cm³/mol. The molecule has 0 radical (unpaired) electrons. The van der Waals surface area contributed by atoms with E-state index in [-0.39, 0.29) is 5.75 Å². The van der Waals surface area contributed by atoms with Crippen LogP contribution in [0.25, 0.3) is 0 Å². The van der Waals surface area contributed by atoms with E-state index in [4.69, 9.17) is 17.0 Å². The van der Waals surface area contributed by atoms with Crippen molar-refractivity contribution in [1.82, 2.24) is 15.6 Å². The van der Waals surface area contributed by atoms with Crippen LogP contribution in [0.2, 0.25) is 0 Å². The number of thiocarbonyl (C=S) groups is 1. The van der Waals surface area contributed by atoms with Crippen LogP contribution in [-0.4, -0.2) is 60.2 Å². The van der Waals surface area contributed by atoms with Gasteiger partial charge >= 0.3 is 0 Å². The summed E-state index contributed by atoms with van der Waals surface area (Å²) < 4.78 is 5.33. The van der Waals surface area contributed by atoms with Gasteiger partial charge in [0.25, 0.3) is 0 Å². The molecule has 1 heterocycles. The summed E-state index contributed by atoms with van der Waals surface area (Å²) in [6.07, 6.45) is 0.695. The molecule has 0 unspecified atom stereocenters. The van der Waals surface area contributed by atoms with Gasteiger partial charge in [-0.3, -0.25) is 10.3 Å². The summed E-state index contributed by atoms with van der Waals surface area (Å²) in [6.45, 7) is 9.20. The maximum absolute atomic E-state index is 10.0. The van der Waals surface area contributed by atoms with Gasteiger partial charge in [0, 0.05) is 31.7 Å². The average molecular weight is 350 g/mol. The molecule has 1 aromatic carbocycles. The zero-order valence-corrected chi connectivity index (χ0v) is 15.2. The predicted octanol–water partition coefficient (Wildman–Crippen LogP) is 1.61. The van der Waals surface area contributed by atoms with Gasteiger partial charge in [0.2, 0.25) is 0 Å². The van der Waals surface area contributed by atoms with Gasteiger partial charge in [0.1, 0.15) is 5.75 Å². The average Bonchev–Trinajstić information content (AvgIpc) is 2.59. The monoisotopic (exact) mass is 350 g/mol. The first-order valence-electron chi connectivity index (χ1n) is 8.30. The van der Waals surface area contributed by atoms with E-state index in [0.29, 0.717) is 11.5 Å². The van der Waals surface area contributed by atoms with E-state index in [1.807, 2.05) is 26.0 Å². The van der Waals surface area contributed by atoms with E-state index in [9.17, 15) is 5.11 Å². The highest BCUT2D eigenvalue weighted by molar-refractivity contribution is 7.80. The largest absolute Gasteiger partial charge is 0.507 e. The van der Waals surface area contributed by atoms with Gasteiger partial charge in [-0.05, 0) is 37.7 Å². The number of rotatable bonds is 6. The van der Waals surface area contributed by atoms with Gasteiger partial charge in [-0.1, -0.05) is 18.6 Å². The Bertz CT molecular complexity index is 586. The molecular formula is C17H26N4O2S. The van der Waals surface area contributed by atoms with Gasteiger partial charge in [-0.25, -0.2) is 0 Å². The molecule has 0 saturated carbocycles. The van der Waals surface area contributed by atoms with Crippen LogP contribution >= 0.6 is 12.2 Å². The summed E-state index contributed by atoms with van der Waals surface area (Å²) >= 11 is 5.26. The molecule has 6 nitrogen and oxygen atoms in total. The third-order valence-electron chi connectivity index (χ3n) is 3.91. The second-order valence-corrected chi connectivity index (χ2v) is 6.16. The molecule has 132 valence electrons. The minimum absolute atomic E-state index is 0.231. The zero-order chi connectivity index (χ0) is 17.4. The number of morpholine rings is 1. The molecule has 1 aliphatic rings. The van der Waals surface area contributed by atoms with E-state index in [2.05, 4.69) is 20.7 Å². The fourth-order valence-corrected chi connectivity index (χ4v) is 2.67. The van der Waals surface area contributed by atoms with Crippen LogP contribution in [0.5, 0.6) is 5.75 Å². The van der Waals surface area contributed by atoms with Crippen LogP contribution in [0.1, 0.15) is 24.5 Å². The van der Waals surface area contributed by atoms with Crippen molar-refractivity contribution < 1.29 is 9.84 Å². The number of hydrazone groups is 1. The first-order chi connectivity index (χ1) is 11.6. The van der Waals surface area contributed by atoms with Gasteiger partial charge in [-0.15, -0.1) is 0 Å². The Morgan fingerprint density at radius 1 is 1.38 bits per heavy atom. The van der Waals surface area contributed by atoms with Crippen LogP contribution in [-0.2, 0) is 4.74 Å². The molecule has 24 heavy (non-hydrogen) atoms. The summed E-state index contributed by atoms with van der Waals surface area (Å²) in [5, 5.41) is 18.0. The molecule has 2 rings (SSSR count). The third-order valence-corrected chi connectivity index (χ3v) is 4.14. The summed E-state index contributed by atoms with van der Waals surface area (Å²) in [5.41, 5.74) is 5.46. The first kappa shape index (κ1) is 18.6. The molecule has 1 aromatic rings. The van der Waals surface area contributed by atoms with Gasteiger partial charge in [0.05, 0.1) is 18.9 Å². The highest BCUT2D eigenvalue weighted by atomic mass is 32.1.